The summed E-state index contributed by atoms with van der Waals surface area (Å²) < 4.78 is 62.2. The molecule has 0 aliphatic heterocycles. The molecule has 0 N–H and O–H groups in total. The first-order chi connectivity index (χ1) is 14.7. The van der Waals surface area contributed by atoms with Crippen molar-refractivity contribution in [3.8, 4) is 28.3 Å². The van der Waals surface area contributed by atoms with Crippen molar-refractivity contribution < 1.29 is 22.1 Å². The summed E-state index contributed by atoms with van der Waals surface area (Å²) in [4.78, 5) is 3.86. The fraction of sp³-hybridized carbons (Fsp3) is 0.150. The van der Waals surface area contributed by atoms with Gasteiger partial charge in [-0.15, -0.1) is 0 Å². The van der Waals surface area contributed by atoms with Gasteiger partial charge in [0, 0.05) is 23.5 Å². The molecule has 4 aromatic rings. The molecular weight excluding hydrogens is 459 g/mol. The van der Waals surface area contributed by atoms with Crippen molar-refractivity contribution in [1.29, 1.82) is 0 Å². The molecule has 0 aliphatic rings. The molecule has 0 fully saturated rings. The SMILES string of the molecule is CCc1c(-c2c(Cl)cncc2Cl)noc1-c1cnn(-c2ccccc2F)c1C(F)(F)F. The normalized spacial score (nSPS) is 11.8. The van der Waals surface area contributed by atoms with Crippen molar-refractivity contribution in [3.05, 3.63) is 70.0 Å². The number of benzene rings is 1. The minimum absolute atomic E-state index is 0.156. The summed E-state index contributed by atoms with van der Waals surface area (Å²) in [7, 11) is 0. The van der Waals surface area contributed by atoms with E-state index in [9.17, 15) is 17.6 Å². The highest BCUT2D eigenvalue weighted by molar-refractivity contribution is 6.38. The maximum Gasteiger partial charge on any atom is 0.434 e. The summed E-state index contributed by atoms with van der Waals surface area (Å²) in [5, 5.41) is 8.05. The Morgan fingerprint density at radius 3 is 2.35 bits per heavy atom. The zero-order valence-electron chi connectivity index (χ0n) is 15.7. The number of pyridine rings is 1. The lowest BCUT2D eigenvalue weighted by molar-refractivity contribution is -0.142. The van der Waals surface area contributed by atoms with Gasteiger partial charge in [0.25, 0.3) is 0 Å². The molecule has 4 rings (SSSR count). The minimum atomic E-state index is -4.86. The van der Waals surface area contributed by atoms with Crippen molar-refractivity contribution >= 4 is 23.2 Å². The van der Waals surface area contributed by atoms with E-state index in [1.807, 2.05) is 0 Å². The van der Waals surface area contributed by atoms with Crippen molar-refractivity contribution in [2.45, 2.75) is 19.5 Å². The van der Waals surface area contributed by atoms with Gasteiger partial charge >= 0.3 is 6.18 Å². The van der Waals surface area contributed by atoms with Crippen LogP contribution in [0, 0.1) is 5.82 Å². The van der Waals surface area contributed by atoms with Gasteiger partial charge in [0.05, 0.1) is 21.8 Å². The summed E-state index contributed by atoms with van der Waals surface area (Å²) in [6, 6.07) is 5.03. The molecule has 3 heterocycles. The van der Waals surface area contributed by atoms with E-state index < -0.39 is 17.7 Å². The van der Waals surface area contributed by atoms with Gasteiger partial charge in [-0.25, -0.2) is 9.07 Å². The first kappa shape index (κ1) is 21.3. The highest BCUT2D eigenvalue weighted by Crippen LogP contribution is 2.43. The monoisotopic (exact) mass is 470 g/mol. The first-order valence-corrected chi connectivity index (χ1v) is 9.68. The van der Waals surface area contributed by atoms with E-state index in [0.717, 1.165) is 12.3 Å². The Kier molecular flexibility index (Phi) is 5.49. The smallest absolute Gasteiger partial charge is 0.355 e. The van der Waals surface area contributed by atoms with Crippen molar-refractivity contribution in [1.82, 2.24) is 19.9 Å². The Morgan fingerprint density at radius 1 is 1.06 bits per heavy atom. The van der Waals surface area contributed by atoms with Crippen molar-refractivity contribution in [2.24, 2.45) is 0 Å². The fourth-order valence-electron chi connectivity index (χ4n) is 3.28. The van der Waals surface area contributed by atoms with E-state index in [1.54, 1.807) is 6.92 Å². The van der Waals surface area contributed by atoms with Gasteiger partial charge in [0.15, 0.2) is 11.5 Å². The van der Waals surface area contributed by atoms with E-state index in [2.05, 4.69) is 15.2 Å². The molecule has 0 saturated heterocycles. The Morgan fingerprint density at radius 2 is 1.74 bits per heavy atom. The van der Waals surface area contributed by atoms with Crippen LogP contribution in [0.5, 0.6) is 0 Å². The standard InChI is InChI=1S/C20H12Cl2F4N4O/c1-2-10-17(16-12(21)8-27-9-13(16)22)29-31-18(10)11-7-28-30(19(11)20(24,25)26)15-6-4-3-5-14(15)23/h3-9H,2H2,1H3. The lowest BCUT2D eigenvalue weighted by Gasteiger charge is -2.13. The van der Waals surface area contributed by atoms with Gasteiger partial charge < -0.3 is 4.52 Å². The Bertz CT molecular complexity index is 1250. The van der Waals surface area contributed by atoms with Gasteiger partial charge in [-0.05, 0) is 18.6 Å². The van der Waals surface area contributed by atoms with E-state index in [1.165, 1.54) is 30.6 Å². The molecule has 11 heteroatoms. The molecule has 0 amide bonds. The van der Waals surface area contributed by atoms with Crippen LogP contribution in [0.15, 0.2) is 47.4 Å². The van der Waals surface area contributed by atoms with Crippen LogP contribution in [-0.2, 0) is 12.6 Å². The quantitative estimate of drug-likeness (QED) is 0.314. The van der Waals surface area contributed by atoms with Crippen LogP contribution in [0.2, 0.25) is 10.0 Å². The van der Waals surface area contributed by atoms with Crippen LogP contribution in [0.3, 0.4) is 0 Å². The maximum atomic E-state index is 14.2. The number of halogens is 6. The number of hydrogen-bond donors (Lipinski definition) is 0. The highest BCUT2D eigenvalue weighted by Gasteiger charge is 2.41. The molecule has 3 aromatic heterocycles. The lowest BCUT2D eigenvalue weighted by Crippen LogP contribution is -2.15. The molecule has 0 spiro atoms. The van der Waals surface area contributed by atoms with Crippen LogP contribution in [0.25, 0.3) is 28.3 Å². The number of para-hydroxylation sites is 1. The van der Waals surface area contributed by atoms with Crippen LogP contribution in [-0.4, -0.2) is 19.9 Å². The molecule has 160 valence electrons. The number of nitrogens with zero attached hydrogens (tertiary/aromatic N) is 4. The third-order valence-electron chi connectivity index (χ3n) is 4.59. The summed E-state index contributed by atoms with van der Waals surface area (Å²) in [6.07, 6.45) is -0.959. The van der Waals surface area contributed by atoms with Gasteiger partial charge in [0.2, 0.25) is 0 Å². The molecule has 0 atom stereocenters. The van der Waals surface area contributed by atoms with Crippen LogP contribution < -0.4 is 0 Å². The van der Waals surface area contributed by atoms with Crippen LogP contribution >= 0.6 is 23.2 Å². The average Bonchev–Trinajstić information content (AvgIpc) is 3.32. The van der Waals surface area contributed by atoms with Crippen LogP contribution in [0.4, 0.5) is 17.6 Å². The zero-order chi connectivity index (χ0) is 22.3. The van der Waals surface area contributed by atoms with Gasteiger partial charge in [-0.3, -0.25) is 4.98 Å². The van der Waals surface area contributed by atoms with E-state index in [4.69, 9.17) is 27.7 Å². The molecule has 31 heavy (non-hydrogen) atoms. The van der Waals surface area contributed by atoms with Gasteiger partial charge in [-0.2, -0.15) is 18.3 Å². The Hall–Kier alpha value is -2.91. The molecule has 0 unspecified atom stereocenters. The molecule has 0 radical (unpaired) electrons. The van der Waals surface area contributed by atoms with E-state index >= 15 is 0 Å². The van der Waals surface area contributed by atoms with E-state index in [0.29, 0.717) is 15.8 Å². The summed E-state index contributed by atoms with van der Waals surface area (Å²) in [5.41, 5.74) is -1.09. The van der Waals surface area contributed by atoms with Crippen molar-refractivity contribution in [2.75, 3.05) is 0 Å². The largest absolute Gasteiger partial charge is 0.434 e. The number of alkyl halides is 3. The highest BCUT2D eigenvalue weighted by atomic mass is 35.5. The van der Waals surface area contributed by atoms with Crippen LogP contribution in [0.1, 0.15) is 18.2 Å². The summed E-state index contributed by atoms with van der Waals surface area (Å²) >= 11 is 12.4. The lowest BCUT2D eigenvalue weighted by atomic mass is 10.0. The second-order valence-electron chi connectivity index (χ2n) is 6.44. The second kappa shape index (κ2) is 7.97. The minimum Gasteiger partial charge on any atom is -0.355 e. The molecule has 5 nitrogen and oxygen atoms in total. The third kappa shape index (κ3) is 3.68. The zero-order valence-corrected chi connectivity index (χ0v) is 17.2. The predicted octanol–water partition coefficient (Wildman–Crippen LogP) is 6.62. The topological polar surface area (TPSA) is 56.7 Å². The van der Waals surface area contributed by atoms with Crippen molar-refractivity contribution in [3.63, 3.8) is 0 Å². The molecular formula is C20H12Cl2F4N4O. The molecule has 0 saturated carbocycles. The number of hydrogen-bond acceptors (Lipinski definition) is 4. The number of aromatic nitrogens is 4. The summed E-state index contributed by atoms with van der Waals surface area (Å²) in [6.45, 7) is 1.72. The third-order valence-corrected chi connectivity index (χ3v) is 5.17. The number of rotatable bonds is 4. The predicted molar refractivity (Wildman–Crippen MR) is 107 cm³/mol. The Labute approximate surface area is 183 Å². The Balaban J connectivity index is 1.96. The average molecular weight is 471 g/mol. The second-order valence-corrected chi connectivity index (χ2v) is 7.25. The fourth-order valence-corrected chi connectivity index (χ4v) is 3.82. The maximum absolute atomic E-state index is 14.2. The summed E-state index contributed by atoms with van der Waals surface area (Å²) in [5.74, 6) is -1.01. The molecule has 1 aromatic carbocycles. The molecule has 0 aliphatic carbocycles. The van der Waals surface area contributed by atoms with Gasteiger partial charge in [-0.1, -0.05) is 47.4 Å². The molecule has 0 bridgehead atoms. The van der Waals surface area contributed by atoms with Gasteiger partial charge in [0.1, 0.15) is 17.2 Å². The van der Waals surface area contributed by atoms with E-state index in [-0.39, 0.29) is 39.2 Å². The first-order valence-electron chi connectivity index (χ1n) is 8.92.